The summed E-state index contributed by atoms with van der Waals surface area (Å²) < 4.78 is 44.7. The average Bonchev–Trinajstić information content (AvgIpc) is 2.80. The highest BCUT2D eigenvalue weighted by Gasteiger charge is 2.19. The van der Waals surface area contributed by atoms with Crippen LogP contribution >= 0.6 is 7.60 Å². The second-order valence-corrected chi connectivity index (χ2v) is 10.4. The van der Waals surface area contributed by atoms with Crippen LogP contribution in [0.4, 0.5) is 0 Å². The van der Waals surface area contributed by atoms with E-state index in [1.165, 1.54) is 0 Å². The van der Waals surface area contributed by atoms with Crippen LogP contribution in [-0.2, 0) is 33.0 Å². The minimum absolute atomic E-state index is 0.0111. The molecule has 0 radical (unpaired) electrons. The third kappa shape index (κ3) is 22.5. The lowest BCUT2D eigenvalue weighted by molar-refractivity contribution is -0.129. The van der Waals surface area contributed by atoms with Gasteiger partial charge in [-0.05, 0) is 18.8 Å². The monoisotopic (exact) mass is 530 g/mol. The summed E-state index contributed by atoms with van der Waals surface area (Å²) >= 11 is 0. The summed E-state index contributed by atoms with van der Waals surface area (Å²) in [6.45, 7) is 11.1. The molecule has 35 heavy (non-hydrogen) atoms. The molecule has 4 unspecified atom stereocenters. The van der Waals surface area contributed by atoms with E-state index in [4.69, 9.17) is 38.2 Å². The second kappa shape index (κ2) is 21.6. The summed E-state index contributed by atoms with van der Waals surface area (Å²) in [5, 5.41) is 19.5. The van der Waals surface area contributed by atoms with Gasteiger partial charge in [0.2, 0.25) is 0 Å². The smallest absolute Gasteiger partial charge is 0.327 e. The summed E-state index contributed by atoms with van der Waals surface area (Å²) in [4.78, 5) is 17.9. The van der Waals surface area contributed by atoms with Crippen molar-refractivity contribution in [3.05, 3.63) is 12.7 Å². The molecule has 0 saturated heterocycles. The Balaban J connectivity index is 4.66. The first-order valence-corrected chi connectivity index (χ1v) is 13.9. The molecule has 0 aromatic carbocycles. The van der Waals surface area contributed by atoms with Crippen molar-refractivity contribution in [3.63, 3.8) is 0 Å². The summed E-state index contributed by atoms with van der Waals surface area (Å²) in [6, 6.07) is 0. The molecule has 4 atom stereocenters. The Morgan fingerprint density at radius 3 is 1.97 bits per heavy atom. The molecule has 210 valence electrons. The average molecular weight is 531 g/mol. The molecule has 11 nitrogen and oxygen atoms in total. The Kier molecular flexibility index (Phi) is 21.4. The van der Waals surface area contributed by atoms with E-state index >= 15 is 0 Å². The van der Waals surface area contributed by atoms with Gasteiger partial charge in [-0.15, -0.1) is 6.58 Å². The first-order valence-electron chi connectivity index (χ1n) is 12.1. The summed E-state index contributed by atoms with van der Waals surface area (Å²) in [5.74, 6) is 0.535. The van der Waals surface area contributed by atoms with E-state index in [2.05, 4.69) is 20.4 Å². The predicted octanol–water partition coefficient (Wildman–Crippen LogP) is 1.36. The van der Waals surface area contributed by atoms with Crippen LogP contribution in [-0.4, -0.2) is 117 Å². The number of aliphatic hydroxyl groups excluding tert-OH is 2. The maximum absolute atomic E-state index is 11.0. The highest BCUT2D eigenvalue weighted by molar-refractivity contribution is 7.51. The fourth-order valence-corrected chi connectivity index (χ4v) is 2.88. The van der Waals surface area contributed by atoms with Crippen molar-refractivity contribution in [2.45, 2.75) is 58.0 Å². The minimum atomic E-state index is -4.15. The van der Waals surface area contributed by atoms with Crippen molar-refractivity contribution >= 4 is 7.60 Å². The van der Waals surface area contributed by atoms with Gasteiger partial charge in [0, 0.05) is 6.61 Å². The molecular formula is C23H47O11P. The van der Waals surface area contributed by atoms with Crippen molar-refractivity contribution in [1.82, 2.24) is 0 Å². The van der Waals surface area contributed by atoms with Crippen molar-refractivity contribution in [3.8, 4) is 0 Å². The molecule has 0 aromatic heterocycles. The highest BCUT2D eigenvalue weighted by Crippen LogP contribution is 2.33. The summed E-state index contributed by atoms with van der Waals surface area (Å²) in [7, 11) is -4.15. The quantitative estimate of drug-likeness (QED) is 0.0769. The lowest BCUT2D eigenvalue weighted by Crippen LogP contribution is -2.36. The van der Waals surface area contributed by atoms with Crippen molar-refractivity contribution in [2.24, 2.45) is 5.92 Å². The SMILES string of the molecule is C=CCOCC(COCCC(C)C)OCC(CO)OCC(COCCP(=O)(O)O)OCC(O)CC. The topological polar surface area (TPSA) is 153 Å². The van der Waals surface area contributed by atoms with Gasteiger partial charge in [0.05, 0.1) is 71.7 Å². The molecule has 0 rings (SSSR count). The Labute approximate surface area is 209 Å². The van der Waals surface area contributed by atoms with Crippen LogP contribution in [0.3, 0.4) is 0 Å². The zero-order valence-electron chi connectivity index (χ0n) is 21.5. The first kappa shape index (κ1) is 34.6. The molecule has 0 bridgehead atoms. The van der Waals surface area contributed by atoms with Crippen LogP contribution < -0.4 is 0 Å². The molecule has 0 aliphatic carbocycles. The minimum Gasteiger partial charge on any atom is -0.394 e. The van der Waals surface area contributed by atoms with E-state index in [0.717, 1.165) is 6.42 Å². The molecule has 12 heteroatoms. The number of hydrogen-bond donors (Lipinski definition) is 4. The van der Waals surface area contributed by atoms with Crippen LogP contribution in [0.2, 0.25) is 0 Å². The molecule has 4 N–H and O–H groups in total. The van der Waals surface area contributed by atoms with E-state index in [1.54, 1.807) is 6.08 Å². The fraction of sp³-hybridized carbons (Fsp3) is 0.913. The Morgan fingerprint density at radius 2 is 1.40 bits per heavy atom. The van der Waals surface area contributed by atoms with Gasteiger partial charge in [-0.25, -0.2) is 0 Å². The fourth-order valence-electron chi connectivity index (χ4n) is 2.51. The van der Waals surface area contributed by atoms with Gasteiger partial charge in [-0.3, -0.25) is 4.57 Å². The van der Waals surface area contributed by atoms with E-state index in [0.29, 0.717) is 38.8 Å². The number of hydrogen-bond acceptors (Lipinski definition) is 9. The Hall–Kier alpha value is -0.430. The van der Waals surface area contributed by atoms with E-state index in [1.807, 2.05) is 6.92 Å². The van der Waals surface area contributed by atoms with Crippen LogP contribution in [0.5, 0.6) is 0 Å². The number of aliphatic hydroxyl groups is 2. The maximum atomic E-state index is 11.0. The van der Waals surface area contributed by atoms with Gasteiger partial charge in [0.25, 0.3) is 0 Å². The molecule has 0 aliphatic rings. The van der Waals surface area contributed by atoms with Crippen LogP contribution in [0.25, 0.3) is 0 Å². The zero-order chi connectivity index (χ0) is 26.5. The first-order chi connectivity index (χ1) is 16.6. The van der Waals surface area contributed by atoms with Crippen LogP contribution in [0, 0.1) is 5.92 Å². The maximum Gasteiger partial charge on any atom is 0.327 e. The molecular weight excluding hydrogens is 483 g/mol. The molecule has 0 aromatic rings. The molecule has 0 fully saturated rings. The molecule has 0 aliphatic heterocycles. The standard InChI is InChI=1S/C23H47O11P/c1-5-8-29-14-22(15-30-9-7-19(3)4)34-17-21(12-24)33-18-23(32-13-20(25)6-2)16-31-10-11-35(26,27)28/h5,19-25H,1,6-18H2,2-4H3,(H2,26,27,28). The van der Waals surface area contributed by atoms with Gasteiger partial charge in [0.1, 0.15) is 18.3 Å². The van der Waals surface area contributed by atoms with E-state index in [9.17, 15) is 14.8 Å². The van der Waals surface area contributed by atoms with Gasteiger partial charge in [0.15, 0.2) is 0 Å². The predicted molar refractivity (Wildman–Crippen MR) is 132 cm³/mol. The lowest BCUT2D eigenvalue weighted by atomic mass is 10.1. The summed E-state index contributed by atoms with van der Waals surface area (Å²) in [6.07, 6.45) is 0.437. The molecule has 0 saturated carbocycles. The van der Waals surface area contributed by atoms with Gasteiger partial charge < -0.3 is 48.4 Å². The van der Waals surface area contributed by atoms with E-state index < -0.39 is 32.1 Å². The zero-order valence-corrected chi connectivity index (χ0v) is 22.4. The van der Waals surface area contributed by atoms with Crippen molar-refractivity contribution in [1.29, 1.82) is 0 Å². The second-order valence-electron chi connectivity index (χ2n) is 8.66. The Morgan fingerprint density at radius 1 is 0.857 bits per heavy atom. The van der Waals surface area contributed by atoms with Gasteiger partial charge >= 0.3 is 7.60 Å². The third-order valence-corrected chi connectivity index (χ3v) is 5.51. The van der Waals surface area contributed by atoms with E-state index in [-0.39, 0.29) is 45.7 Å². The van der Waals surface area contributed by atoms with Crippen LogP contribution in [0.1, 0.15) is 33.6 Å². The van der Waals surface area contributed by atoms with Crippen LogP contribution in [0.15, 0.2) is 12.7 Å². The normalized spacial score (nSPS) is 15.8. The van der Waals surface area contributed by atoms with Gasteiger partial charge in [-0.2, -0.15) is 0 Å². The highest BCUT2D eigenvalue weighted by atomic mass is 31.2. The Bertz CT molecular complexity index is 544. The van der Waals surface area contributed by atoms with Crippen molar-refractivity contribution in [2.75, 3.05) is 72.2 Å². The lowest BCUT2D eigenvalue weighted by Gasteiger charge is -2.24. The molecule has 0 spiro atoms. The third-order valence-electron chi connectivity index (χ3n) is 4.75. The number of rotatable bonds is 25. The largest absolute Gasteiger partial charge is 0.394 e. The molecule has 0 amide bonds. The number of ether oxygens (including phenoxy) is 6. The van der Waals surface area contributed by atoms with Gasteiger partial charge in [-0.1, -0.05) is 26.8 Å². The summed E-state index contributed by atoms with van der Waals surface area (Å²) in [5.41, 5.74) is 0. The van der Waals surface area contributed by atoms with Crippen molar-refractivity contribution < 1.29 is 53.0 Å². The molecule has 0 heterocycles.